The lowest BCUT2D eigenvalue weighted by atomic mass is 10.1. The molecule has 0 aliphatic carbocycles. The topological polar surface area (TPSA) is 129 Å². The number of nitrogens with two attached hydrogens (primary N) is 1. The van der Waals surface area contributed by atoms with Gasteiger partial charge >= 0.3 is 0 Å². The zero-order chi connectivity index (χ0) is 14.3. The Labute approximate surface area is 114 Å². The molecule has 1 saturated heterocycles. The van der Waals surface area contributed by atoms with Crippen molar-refractivity contribution in [1.82, 2.24) is 19.5 Å². The van der Waals surface area contributed by atoms with E-state index < -0.39 is 24.5 Å². The fraction of sp³-hybridized carbons (Fsp3) is 0.545. The number of imidazole rings is 1. The lowest BCUT2D eigenvalue weighted by Gasteiger charge is -2.16. The lowest BCUT2D eigenvalue weighted by molar-refractivity contribution is -0.0580. The van der Waals surface area contributed by atoms with Crippen LogP contribution in [0.2, 0.25) is 0 Å². The molecule has 9 heteroatoms. The summed E-state index contributed by atoms with van der Waals surface area (Å²) in [5.41, 5.74) is 6.57. The molecule has 0 aromatic carbocycles. The predicted octanol–water partition coefficient (Wildman–Crippen LogP) is -1.33. The first kappa shape index (κ1) is 13.2. The van der Waals surface area contributed by atoms with Gasteiger partial charge < -0.3 is 25.4 Å². The van der Waals surface area contributed by atoms with Crippen LogP contribution >= 0.6 is 0 Å². The SMILES string of the molecule is COC[C@H]1O[C@@H](n2cnc3c(N)ncnc32)[C@@H](O)C1O. The molecule has 1 aliphatic heterocycles. The third kappa shape index (κ3) is 1.91. The normalized spacial score (nSPS) is 30.1. The second-order valence-corrected chi connectivity index (χ2v) is 4.58. The van der Waals surface area contributed by atoms with E-state index in [9.17, 15) is 10.2 Å². The van der Waals surface area contributed by atoms with Crippen LogP contribution in [-0.4, -0.2) is 61.8 Å². The van der Waals surface area contributed by atoms with E-state index in [1.807, 2.05) is 0 Å². The van der Waals surface area contributed by atoms with Gasteiger partial charge in [-0.25, -0.2) is 15.0 Å². The van der Waals surface area contributed by atoms with Gasteiger partial charge in [0.25, 0.3) is 0 Å². The van der Waals surface area contributed by atoms with Crippen LogP contribution in [0.25, 0.3) is 11.2 Å². The number of fused-ring (bicyclic) bond motifs is 1. The highest BCUT2D eigenvalue weighted by molar-refractivity contribution is 5.81. The summed E-state index contributed by atoms with van der Waals surface area (Å²) < 4.78 is 12.1. The van der Waals surface area contributed by atoms with Crippen LogP contribution in [0.1, 0.15) is 6.23 Å². The summed E-state index contributed by atoms with van der Waals surface area (Å²) in [6, 6.07) is 0. The minimum atomic E-state index is -1.11. The Morgan fingerprint density at radius 3 is 2.90 bits per heavy atom. The van der Waals surface area contributed by atoms with Crippen LogP contribution in [0, 0.1) is 0 Å². The lowest BCUT2D eigenvalue weighted by Crippen LogP contribution is -2.33. The molecular weight excluding hydrogens is 266 g/mol. The quantitative estimate of drug-likeness (QED) is 0.631. The summed E-state index contributed by atoms with van der Waals surface area (Å²) in [6.45, 7) is 0.179. The van der Waals surface area contributed by atoms with Crippen molar-refractivity contribution in [2.24, 2.45) is 0 Å². The van der Waals surface area contributed by atoms with Gasteiger partial charge in [-0.05, 0) is 0 Å². The fourth-order valence-electron chi connectivity index (χ4n) is 2.32. The summed E-state index contributed by atoms with van der Waals surface area (Å²) >= 11 is 0. The molecule has 0 radical (unpaired) electrons. The van der Waals surface area contributed by atoms with Crippen LogP contribution in [0.15, 0.2) is 12.7 Å². The number of nitrogen functional groups attached to an aromatic ring is 1. The molecule has 3 rings (SSSR count). The molecule has 4 atom stereocenters. The van der Waals surface area contributed by atoms with Crippen molar-refractivity contribution >= 4 is 17.0 Å². The molecular formula is C11H15N5O4. The predicted molar refractivity (Wildman–Crippen MR) is 67.5 cm³/mol. The first-order chi connectivity index (χ1) is 9.63. The fourth-order valence-corrected chi connectivity index (χ4v) is 2.32. The van der Waals surface area contributed by atoms with Crippen molar-refractivity contribution in [1.29, 1.82) is 0 Å². The Morgan fingerprint density at radius 2 is 2.15 bits per heavy atom. The highest BCUT2D eigenvalue weighted by Gasteiger charge is 2.44. The maximum Gasteiger partial charge on any atom is 0.167 e. The average Bonchev–Trinajstić information content (AvgIpc) is 2.97. The zero-order valence-electron chi connectivity index (χ0n) is 10.7. The molecule has 0 spiro atoms. The van der Waals surface area contributed by atoms with Gasteiger partial charge in [0.15, 0.2) is 17.7 Å². The summed E-state index contributed by atoms with van der Waals surface area (Å²) in [7, 11) is 1.50. The third-order valence-electron chi connectivity index (χ3n) is 3.33. The molecule has 1 aliphatic rings. The average molecular weight is 281 g/mol. The number of aliphatic hydroxyl groups is 2. The standard InChI is InChI=1S/C11H15N5O4/c1-19-2-5-7(17)8(18)11(20-5)16-4-15-6-9(12)13-3-14-10(6)16/h3-5,7-8,11,17-18H,2H2,1H3,(H2,12,13,14)/t5-,7?,8+,11-/m1/s1. The summed E-state index contributed by atoms with van der Waals surface area (Å²) in [4.78, 5) is 12.0. The first-order valence-corrected chi connectivity index (χ1v) is 6.07. The Balaban J connectivity index is 1.97. The summed E-state index contributed by atoms with van der Waals surface area (Å²) in [6.07, 6.45) is -0.812. The van der Waals surface area contributed by atoms with Crippen LogP contribution in [0.4, 0.5) is 5.82 Å². The van der Waals surface area contributed by atoms with Crippen molar-refractivity contribution in [2.45, 2.75) is 24.5 Å². The molecule has 0 bridgehead atoms. The number of ether oxygens (including phenoxy) is 2. The zero-order valence-corrected chi connectivity index (χ0v) is 10.7. The van der Waals surface area contributed by atoms with Gasteiger partial charge in [-0.1, -0.05) is 0 Å². The van der Waals surface area contributed by atoms with Gasteiger partial charge in [0, 0.05) is 7.11 Å². The molecule has 2 aromatic rings. The minimum Gasteiger partial charge on any atom is -0.387 e. The number of aliphatic hydroxyl groups excluding tert-OH is 2. The van der Waals surface area contributed by atoms with Gasteiger partial charge in [-0.15, -0.1) is 0 Å². The van der Waals surface area contributed by atoms with Gasteiger partial charge in [0.2, 0.25) is 0 Å². The monoisotopic (exact) mass is 281 g/mol. The number of anilines is 1. The molecule has 1 fully saturated rings. The molecule has 4 N–H and O–H groups in total. The van der Waals surface area contributed by atoms with Crippen LogP contribution in [0.3, 0.4) is 0 Å². The molecule has 0 saturated carbocycles. The van der Waals surface area contributed by atoms with Crippen molar-refractivity contribution in [3.63, 3.8) is 0 Å². The van der Waals surface area contributed by atoms with Gasteiger partial charge in [-0.3, -0.25) is 4.57 Å². The Hall–Kier alpha value is -1.81. The van der Waals surface area contributed by atoms with Crippen LogP contribution in [-0.2, 0) is 9.47 Å². The smallest absolute Gasteiger partial charge is 0.167 e. The summed E-state index contributed by atoms with van der Waals surface area (Å²) in [5, 5.41) is 20.0. The van der Waals surface area contributed by atoms with Crippen molar-refractivity contribution in [3.05, 3.63) is 12.7 Å². The minimum absolute atomic E-state index is 0.179. The first-order valence-electron chi connectivity index (χ1n) is 6.07. The van der Waals surface area contributed by atoms with E-state index in [4.69, 9.17) is 15.2 Å². The molecule has 0 amide bonds. The maximum atomic E-state index is 10.1. The second-order valence-electron chi connectivity index (χ2n) is 4.58. The van der Waals surface area contributed by atoms with Gasteiger partial charge in [0.05, 0.1) is 12.9 Å². The van der Waals surface area contributed by atoms with Crippen molar-refractivity contribution in [2.75, 3.05) is 19.5 Å². The van der Waals surface area contributed by atoms with E-state index in [1.165, 1.54) is 24.3 Å². The molecule has 9 nitrogen and oxygen atoms in total. The number of hydrogen-bond acceptors (Lipinski definition) is 8. The van der Waals surface area contributed by atoms with Gasteiger partial charge in [0.1, 0.15) is 30.2 Å². The van der Waals surface area contributed by atoms with Crippen LogP contribution in [0.5, 0.6) is 0 Å². The van der Waals surface area contributed by atoms with E-state index >= 15 is 0 Å². The highest BCUT2D eigenvalue weighted by Crippen LogP contribution is 2.31. The van der Waals surface area contributed by atoms with Crippen molar-refractivity contribution < 1.29 is 19.7 Å². The molecule has 20 heavy (non-hydrogen) atoms. The van der Waals surface area contributed by atoms with E-state index in [0.717, 1.165) is 0 Å². The molecule has 3 heterocycles. The Kier molecular flexibility index (Phi) is 3.26. The number of rotatable bonds is 3. The number of hydrogen-bond donors (Lipinski definition) is 3. The summed E-state index contributed by atoms with van der Waals surface area (Å²) in [5.74, 6) is 0.246. The van der Waals surface area contributed by atoms with Gasteiger partial charge in [-0.2, -0.15) is 0 Å². The largest absolute Gasteiger partial charge is 0.387 e. The number of methoxy groups -OCH3 is 1. The Morgan fingerprint density at radius 1 is 1.35 bits per heavy atom. The molecule has 108 valence electrons. The van der Waals surface area contributed by atoms with E-state index in [0.29, 0.717) is 11.2 Å². The number of nitrogens with zero attached hydrogens (tertiary/aromatic N) is 4. The van der Waals surface area contributed by atoms with Crippen molar-refractivity contribution in [3.8, 4) is 0 Å². The number of aromatic nitrogens is 4. The maximum absolute atomic E-state index is 10.1. The van der Waals surface area contributed by atoms with Crippen LogP contribution < -0.4 is 5.73 Å². The molecule has 1 unspecified atom stereocenters. The van der Waals surface area contributed by atoms with E-state index in [2.05, 4.69) is 15.0 Å². The molecule has 2 aromatic heterocycles. The van der Waals surface area contributed by atoms with E-state index in [-0.39, 0.29) is 12.4 Å². The third-order valence-corrected chi connectivity index (χ3v) is 3.33. The second kappa shape index (κ2) is 4.94. The Bertz CT molecular complexity index is 618. The highest BCUT2D eigenvalue weighted by atomic mass is 16.6. The van der Waals surface area contributed by atoms with E-state index in [1.54, 1.807) is 0 Å².